The average Bonchev–Trinajstić information content (AvgIpc) is 2.30. The van der Waals surface area contributed by atoms with Crippen molar-refractivity contribution in [2.45, 2.75) is 32.3 Å². The number of rotatable bonds is 1. The summed E-state index contributed by atoms with van der Waals surface area (Å²) >= 11 is 3.43. The molecule has 1 N–H and O–H groups in total. The molecule has 4 heteroatoms. The lowest BCUT2D eigenvalue weighted by Crippen LogP contribution is -2.48. The molecule has 1 amide bonds. The Morgan fingerprint density at radius 2 is 2.22 bits per heavy atom. The van der Waals surface area contributed by atoms with Crippen LogP contribution in [0.3, 0.4) is 0 Å². The van der Waals surface area contributed by atoms with Crippen molar-refractivity contribution in [3.63, 3.8) is 0 Å². The van der Waals surface area contributed by atoms with Gasteiger partial charge in [0, 0.05) is 23.1 Å². The van der Waals surface area contributed by atoms with Gasteiger partial charge in [-0.05, 0) is 50.5 Å². The fourth-order valence-corrected chi connectivity index (χ4v) is 2.60. The fourth-order valence-electron chi connectivity index (χ4n) is 2.35. The van der Waals surface area contributed by atoms with Crippen LogP contribution in [0.15, 0.2) is 22.7 Å². The van der Waals surface area contributed by atoms with Gasteiger partial charge in [0.1, 0.15) is 0 Å². The van der Waals surface area contributed by atoms with Crippen LogP contribution >= 0.6 is 15.9 Å². The van der Waals surface area contributed by atoms with Crippen molar-refractivity contribution in [2.24, 2.45) is 0 Å². The second kappa shape index (κ2) is 5.02. The molecule has 1 aromatic rings. The molecule has 1 unspecified atom stereocenters. The number of aryl methyl sites for hydroxylation is 1. The van der Waals surface area contributed by atoms with Crippen molar-refractivity contribution >= 4 is 21.8 Å². The number of piperidine rings is 1. The lowest BCUT2D eigenvalue weighted by molar-refractivity contribution is -0.0107. The minimum atomic E-state index is -0.752. The zero-order valence-electron chi connectivity index (χ0n) is 10.7. The van der Waals surface area contributed by atoms with Gasteiger partial charge in [0.25, 0.3) is 5.91 Å². The molecular weight excluding hydrogens is 294 g/mol. The first-order valence-corrected chi connectivity index (χ1v) is 6.96. The van der Waals surface area contributed by atoms with Crippen LogP contribution < -0.4 is 0 Å². The van der Waals surface area contributed by atoms with Crippen molar-refractivity contribution in [2.75, 3.05) is 13.1 Å². The minimum Gasteiger partial charge on any atom is -0.388 e. The van der Waals surface area contributed by atoms with Gasteiger partial charge in [-0.25, -0.2) is 0 Å². The molecule has 1 aliphatic rings. The molecule has 98 valence electrons. The van der Waals surface area contributed by atoms with Gasteiger partial charge < -0.3 is 10.0 Å². The van der Waals surface area contributed by atoms with E-state index in [9.17, 15) is 9.90 Å². The third kappa shape index (κ3) is 2.93. The van der Waals surface area contributed by atoms with E-state index in [2.05, 4.69) is 15.9 Å². The van der Waals surface area contributed by atoms with Crippen LogP contribution in [0.4, 0.5) is 0 Å². The zero-order chi connectivity index (χ0) is 13.3. The smallest absolute Gasteiger partial charge is 0.253 e. The number of carbonyl (C=O) groups is 1. The van der Waals surface area contributed by atoms with Gasteiger partial charge in [-0.15, -0.1) is 0 Å². The summed E-state index contributed by atoms with van der Waals surface area (Å²) in [5, 5.41) is 10.0. The van der Waals surface area contributed by atoms with Gasteiger partial charge in [-0.1, -0.05) is 15.9 Å². The van der Waals surface area contributed by atoms with E-state index in [1.165, 1.54) is 0 Å². The number of aliphatic hydroxyl groups is 1. The number of β-amino-alcohol motifs (C(OH)–C–C–N with tert-alkyl or cyclic N) is 1. The van der Waals surface area contributed by atoms with Crippen molar-refractivity contribution in [3.05, 3.63) is 33.8 Å². The molecular formula is C14H18BrNO2. The van der Waals surface area contributed by atoms with Crippen LogP contribution in [0.5, 0.6) is 0 Å². The normalized spacial score (nSPS) is 24.1. The third-order valence-electron chi connectivity index (χ3n) is 3.37. The number of benzene rings is 1. The Labute approximate surface area is 116 Å². The number of nitrogens with zero attached hydrogens (tertiary/aromatic N) is 1. The lowest BCUT2D eigenvalue weighted by Gasteiger charge is -2.36. The second-order valence-electron chi connectivity index (χ2n) is 5.29. The highest BCUT2D eigenvalue weighted by Crippen LogP contribution is 2.23. The molecule has 1 atom stereocenters. The van der Waals surface area contributed by atoms with E-state index in [-0.39, 0.29) is 5.91 Å². The highest BCUT2D eigenvalue weighted by Gasteiger charge is 2.31. The van der Waals surface area contributed by atoms with Crippen molar-refractivity contribution < 1.29 is 9.90 Å². The zero-order valence-corrected chi connectivity index (χ0v) is 12.3. The van der Waals surface area contributed by atoms with E-state index in [0.29, 0.717) is 12.1 Å². The summed E-state index contributed by atoms with van der Waals surface area (Å²) in [5.74, 6) is 0.00516. The summed E-state index contributed by atoms with van der Waals surface area (Å²) in [6, 6.07) is 5.60. The topological polar surface area (TPSA) is 40.5 Å². The highest BCUT2D eigenvalue weighted by molar-refractivity contribution is 9.10. The average molecular weight is 312 g/mol. The molecule has 1 saturated heterocycles. The maximum absolute atomic E-state index is 12.4. The van der Waals surface area contributed by atoms with Crippen LogP contribution in [0.2, 0.25) is 0 Å². The molecule has 1 aromatic carbocycles. The van der Waals surface area contributed by atoms with Crippen LogP contribution in [0.1, 0.15) is 35.7 Å². The van der Waals surface area contributed by atoms with Crippen LogP contribution in [-0.2, 0) is 0 Å². The van der Waals surface area contributed by atoms with Crippen molar-refractivity contribution in [3.8, 4) is 0 Å². The first-order valence-electron chi connectivity index (χ1n) is 6.17. The van der Waals surface area contributed by atoms with Gasteiger partial charge in [-0.3, -0.25) is 4.79 Å². The lowest BCUT2D eigenvalue weighted by atomic mass is 9.94. The molecule has 0 radical (unpaired) electrons. The van der Waals surface area contributed by atoms with Crippen LogP contribution in [0.25, 0.3) is 0 Å². The molecule has 3 nitrogen and oxygen atoms in total. The second-order valence-corrected chi connectivity index (χ2v) is 6.15. The Kier molecular flexibility index (Phi) is 3.78. The van der Waals surface area contributed by atoms with E-state index in [0.717, 1.165) is 29.4 Å². The molecule has 0 aliphatic carbocycles. The van der Waals surface area contributed by atoms with E-state index in [4.69, 9.17) is 0 Å². The highest BCUT2D eigenvalue weighted by atomic mass is 79.9. The predicted molar refractivity (Wildman–Crippen MR) is 74.6 cm³/mol. The Morgan fingerprint density at radius 3 is 2.83 bits per heavy atom. The summed E-state index contributed by atoms with van der Waals surface area (Å²) in [7, 11) is 0. The molecule has 18 heavy (non-hydrogen) atoms. The molecule has 0 spiro atoms. The number of hydrogen-bond donors (Lipinski definition) is 1. The Morgan fingerprint density at radius 1 is 1.50 bits per heavy atom. The molecule has 2 rings (SSSR count). The Hall–Kier alpha value is -0.870. The molecule has 0 aromatic heterocycles. The molecule has 1 heterocycles. The van der Waals surface area contributed by atoms with Gasteiger partial charge in [0.05, 0.1) is 5.60 Å². The maximum Gasteiger partial charge on any atom is 0.253 e. The van der Waals surface area contributed by atoms with Crippen LogP contribution in [0, 0.1) is 6.92 Å². The standard InChI is InChI=1S/C14H18BrNO2/c1-10-8-11(4-5-12(10)15)13(17)16-7-3-6-14(2,18)9-16/h4-5,8,18H,3,6-7,9H2,1-2H3. The van der Waals surface area contributed by atoms with E-state index < -0.39 is 5.60 Å². The SMILES string of the molecule is Cc1cc(C(=O)N2CCCC(C)(O)C2)ccc1Br. The fraction of sp³-hybridized carbons (Fsp3) is 0.500. The monoisotopic (exact) mass is 311 g/mol. The van der Waals surface area contributed by atoms with E-state index in [1.807, 2.05) is 25.1 Å². The van der Waals surface area contributed by atoms with Gasteiger partial charge in [0.15, 0.2) is 0 Å². The number of halogens is 1. The van der Waals surface area contributed by atoms with Gasteiger partial charge in [-0.2, -0.15) is 0 Å². The number of carbonyl (C=O) groups excluding carboxylic acids is 1. The molecule has 1 fully saturated rings. The Bertz CT molecular complexity index is 471. The van der Waals surface area contributed by atoms with E-state index >= 15 is 0 Å². The van der Waals surface area contributed by atoms with Gasteiger partial charge >= 0.3 is 0 Å². The summed E-state index contributed by atoms with van der Waals surface area (Å²) < 4.78 is 1.00. The molecule has 1 aliphatic heterocycles. The number of hydrogen-bond acceptors (Lipinski definition) is 2. The van der Waals surface area contributed by atoms with Gasteiger partial charge in [0.2, 0.25) is 0 Å². The third-order valence-corrected chi connectivity index (χ3v) is 4.26. The summed E-state index contributed by atoms with van der Waals surface area (Å²) in [5.41, 5.74) is 0.983. The van der Waals surface area contributed by atoms with Crippen molar-refractivity contribution in [1.82, 2.24) is 4.90 Å². The summed E-state index contributed by atoms with van der Waals surface area (Å²) in [6.45, 7) is 4.90. The number of amides is 1. The molecule has 0 bridgehead atoms. The Balaban J connectivity index is 2.18. The van der Waals surface area contributed by atoms with Crippen molar-refractivity contribution in [1.29, 1.82) is 0 Å². The first-order chi connectivity index (χ1) is 8.39. The number of likely N-dealkylation sites (tertiary alicyclic amines) is 1. The minimum absolute atomic E-state index is 0.00516. The van der Waals surface area contributed by atoms with Crippen LogP contribution in [-0.4, -0.2) is 34.6 Å². The maximum atomic E-state index is 12.4. The molecule has 0 saturated carbocycles. The van der Waals surface area contributed by atoms with E-state index in [1.54, 1.807) is 11.8 Å². The predicted octanol–water partition coefficient (Wildman–Crippen LogP) is 2.74. The summed E-state index contributed by atoms with van der Waals surface area (Å²) in [6.07, 6.45) is 1.62. The first kappa shape index (κ1) is 13.6. The quantitative estimate of drug-likeness (QED) is 0.866. The largest absolute Gasteiger partial charge is 0.388 e. The summed E-state index contributed by atoms with van der Waals surface area (Å²) in [4.78, 5) is 14.1.